The second-order valence-electron chi connectivity index (χ2n) is 8.37. The average molecular weight is 450 g/mol. The fraction of sp³-hybridized carbons (Fsp3) is 0.375. The summed E-state index contributed by atoms with van der Waals surface area (Å²) < 4.78 is 13.0. The van der Waals surface area contributed by atoms with Gasteiger partial charge < -0.3 is 19.2 Å². The molecule has 1 unspecified atom stereocenters. The number of imidazole rings is 1. The summed E-state index contributed by atoms with van der Waals surface area (Å²) in [5, 5.41) is 11.4. The highest BCUT2D eigenvalue weighted by atomic mass is 16.5. The molecule has 1 N–H and O–H groups in total. The number of aliphatic hydroxyl groups excluding tert-OH is 1. The molecule has 9 heteroatoms. The van der Waals surface area contributed by atoms with Gasteiger partial charge in [0, 0.05) is 32.4 Å². The molecule has 2 fully saturated rings. The molecule has 5 rings (SSSR count). The molecule has 0 radical (unpaired) electrons. The van der Waals surface area contributed by atoms with E-state index in [1.165, 1.54) is 4.90 Å². The van der Waals surface area contributed by atoms with E-state index in [4.69, 9.17) is 9.15 Å². The first kappa shape index (κ1) is 21.4. The maximum absolute atomic E-state index is 13.2. The summed E-state index contributed by atoms with van der Waals surface area (Å²) in [6, 6.07) is 8.21. The zero-order chi connectivity index (χ0) is 23.1. The van der Waals surface area contributed by atoms with Crippen LogP contribution in [0.5, 0.6) is 0 Å². The lowest BCUT2D eigenvalue weighted by Gasteiger charge is -2.30. The Morgan fingerprint density at radius 2 is 1.91 bits per heavy atom. The summed E-state index contributed by atoms with van der Waals surface area (Å²) in [4.78, 5) is 34.5. The number of fused-ring (bicyclic) bond motifs is 1. The van der Waals surface area contributed by atoms with Crippen LogP contribution >= 0.6 is 0 Å². The van der Waals surface area contributed by atoms with Crippen molar-refractivity contribution >= 4 is 23.1 Å². The van der Waals surface area contributed by atoms with Gasteiger partial charge >= 0.3 is 0 Å². The molecule has 0 spiro atoms. The summed E-state index contributed by atoms with van der Waals surface area (Å²) in [7, 11) is 0. The molecule has 3 aromatic rings. The third-order valence-electron chi connectivity index (χ3n) is 6.26. The van der Waals surface area contributed by atoms with Crippen LogP contribution in [0.4, 0.5) is 0 Å². The third-order valence-corrected chi connectivity index (χ3v) is 6.26. The third kappa shape index (κ3) is 3.73. The molecule has 172 valence electrons. The summed E-state index contributed by atoms with van der Waals surface area (Å²) >= 11 is 0. The second kappa shape index (κ2) is 8.49. The number of hydrogen-bond donors (Lipinski definition) is 1. The molecule has 0 aliphatic carbocycles. The highest BCUT2D eigenvalue weighted by molar-refractivity contribution is 6.46. The van der Waals surface area contributed by atoms with E-state index in [0.717, 1.165) is 13.1 Å². The Morgan fingerprint density at radius 1 is 1.12 bits per heavy atom. The Hall–Kier alpha value is -3.43. The van der Waals surface area contributed by atoms with E-state index in [0.29, 0.717) is 54.9 Å². The highest BCUT2D eigenvalue weighted by Gasteiger charge is 2.48. The molecular weight excluding hydrogens is 424 g/mol. The first-order valence-electron chi connectivity index (χ1n) is 11.0. The van der Waals surface area contributed by atoms with E-state index in [-0.39, 0.29) is 11.3 Å². The maximum Gasteiger partial charge on any atom is 0.295 e. The van der Waals surface area contributed by atoms with E-state index < -0.39 is 17.7 Å². The number of ketones is 1. The minimum absolute atomic E-state index is 0.0186. The van der Waals surface area contributed by atoms with Gasteiger partial charge in [-0.15, -0.1) is 0 Å². The topological polar surface area (TPSA) is 101 Å². The van der Waals surface area contributed by atoms with Crippen molar-refractivity contribution in [2.24, 2.45) is 0 Å². The van der Waals surface area contributed by atoms with E-state index >= 15 is 0 Å². The van der Waals surface area contributed by atoms with Gasteiger partial charge in [-0.3, -0.25) is 18.9 Å². The van der Waals surface area contributed by atoms with E-state index in [2.05, 4.69) is 9.88 Å². The Kier molecular flexibility index (Phi) is 5.51. The minimum Gasteiger partial charge on any atom is -0.505 e. The lowest BCUT2D eigenvalue weighted by Crippen LogP contribution is -2.42. The minimum atomic E-state index is -0.812. The molecule has 3 aromatic heterocycles. The van der Waals surface area contributed by atoms with Gasteiger partial charge in [0.15, 0.2) is 5.76 Å². The molecule has 5 heterocycles. The molecule has 2 saturated heterocycles. The summed E-state index contributed by atoms with van der Waals surface area (Å²) in [6.45, 7) is 7.34. The highest BCUT2D eigenvalue weighted by Crippen LogP contribution is 2.40. The number of hydrogen-bond acceptors (Lipinski definition) is 7. The SMILES string of the molecule is Cc1ccc(C2/C(=C(\O)c3c(C)nc4ccccn34)C(=O)C(=O)N2CCN2CCOCC2)o1. The van der Waals surface area contributed by atoms with Gasteiger partial charge in [-0.1, -0.05) is 6.07 Å². The predicted molar refractivity (Wildman–Crippen MR) is 120 cm³/mol. The number of likely N-dealkylation sites (tertiary alicyclic amines) is 1. The zero-order valence-electron chi connectivity index (χ0n) is 18.7. The van der Waals surface area contributed by atoms with Crippen LogP contribution < -0.4 is 0 Å². The Labute approximate surface area is 190 Å². The van der Waals surface area contributed by atoms with Gasteiger partial charge in [-0.25, -0.2) is 4.98 Å². The Bertz CT molecular complexity index is 1250. The first-order valence-corrected chi connectivity index (χ1v) is 11.0. The van der Waals surface area contributed by atoms with Crippen LogP contribution in [0.1, 0.15) is 29.0 Å². The lowest BCUT2D eigenvalue weighted by atomic mass is 10.0. The van der Waals surface area contributed by atoms with Crippen LogP contribution in [-0.4, -0.2) is 75.4 Å². The molecule has 0 bridgehead atoms. The normalized spacial score (nSPS) is 21.4. The summed E-state index contributed by atoms with van der Waals surface area (Å²) in [6.07, 6.45) is 1.77. The number of ether oxygens (including phenoxy) is 1. The fourth-order valence-corrected chi connectivity index (χ4v) is 4.61. The number of morpholine rings is 1. The number of aromatic nitrogens is 2. The number of amides is 1. The molecule has 0 aromatic carbocycles. The molecule has 9 nitrogen and oxygen atoms in total. The quantitative estimate of drug-likeness (QED) is 0.362. The van der Waals surface area contributed by atoms with E-state index in [1.807, 2.05) is 18.2 Å². The smallest absolute Gasteiger partial charge is 0.295 e. The number of carbonyl (C=O) groups is 2. The van der Waals surface area contributed by atoms with E-state index in [1.54, 1.807) is 36.6 Å². The second-order valence-corrected chi connectivity index (χ2v) is 8.37. The molecule has 33 heavy (non-hydrogen) atoms. The standard InChI is InChI=1S/C24H26N4O5/c1-15-6-7-17(33-15)21-19(22(29)20-16(2)25-18-5-3-4-8-27(18)20)23(30)24(31)28(21)10-9-26-11-13-32-14-12-26/h3-8,21,29H,9-14H2,1-2H3/b22-19+. The molecule has 1 amide bonds. The van der Waals surface area contributed by atoms with Crippen molar-refractivity contribution in [2.75, 3.05) is 39.4 Å². The molecule has 2 aliphatic rings. The van der Waals surface area contributed by atoms with Crippen molar-refractivity contribution in [1.29, 1.82) is 0 Å². The van der Waals surface area contributed by atoms with Crippen LogP contribution in [0.25, 0.3) is 11.4 Å². The molecular formula is C24H26N4O5. The van der Waals surface area contributed by atoms with Gasteiger partial charge in [0.2, 0.25) is 0 Å². The number of aliphatic hydroxyl groups is 1. The fourth-order valence-electron chi connectivity index (χ4n) is 4.61. The molecule has 0 saturated carbocycles. The van der Waals surface area contributed by atoms with Crippen molar-refractivity contribution in [2.45, 2.75) is 19.9 Å². The van der Waals surface area contributed by atoms with Crippen LogP contribution in [0, 0.1) is 13.8 Å². The number of Topliss-reactive ketones (excluding diaryl/α,β-unsaturated/α-hetero) is 1. The van der Waals surface area contributed by atoms with Crippen molar-refractivity contribution in [1.82, 2.24) is 19.2 Å². The monoisotopic (exact) mass is 450 g/mol. The average Bonchev–Trinajstić information content (AvgIpc) is 3.46. The predicted octanol–water partition coefficient (Wildman–Crippen LogP) is 2.30. The van der Waals surface area contributed by atoms with E-state index in [9.17, 15) is 14.7 Å². The van der Waals surface area contributed by atoms with Crippen LogP contribution in [0.15, 0.2) is 46.5 Å². The van der Waals surface area contributed by atoms with Gasteiger partial charge in [0.25, 0.3) is 11.7 Å². The van der Waals surface area contributed by atoms with Crippen molar-refractivity contribution in [3.63, 3.8) is 0 Å². The van der Waals surface area contributed by atoms with Crippen molar-refractivity contribution < 1.29 is 23.8 Å². The van der Waals surface area contributed by atoms with Crippen LogP contribution in [0.3, 0.4) is 0 Å². The zero-order valence-corrected chi connectivity index (χ0v) is 18.7. The molecule has 2 aliphatic heterocycles. The first-order chi connectivity index (χ1) is 16.0. The number of rotatable bonds is 5. The lowest BCUT2D eigenvalue weighted by molar-refractivity contribution is -0.140. The van der Waals surface area contributed by atoms with Crippen LogP contribution in [-0.2, 0) is 14.3 Å². The summed E-state index contributed by atoms with van der Waals surface area (Å²) in [5.41, 5.74) is 1.62. The Morgan fingerprint density at radius 3 is 2.64 bits per heavy atom. The maximum atomic E-state index is 13.2. The largest absolute Gasteiger partial charge is 0.505 e. The van der Waals surface area contributed by atoms with Crippen LogP contribution in [0.2, 0.25) is 0 Å². The van der Waals surface area contributed by atoms with Crippen molar-refractivity contribution in [3.05, 3.63) is 65.0 Å². The Balaban J connectivity index is 1.59. The van der Waals surface area contributed by atoms with Gasteiger partial charge in [-0.2, -0.15) is 0 Å². The molecule has 1 atom stereocenters. The summed E-state index contributed by atoms with van der Waals surface area (Å²) in [5.74, 6) is -0.511. The number of furan rings is 1. The number of nitrogens with zero attached hydrogens (tertiary/aromatic N) is 4. The van der Waals surface area contributed by atoms with Gasteiger partial charge in [0.05, 0.1) is 24.5 Å². The number of pyridine rings is 1. The van der Waals surface area contributed by atoms with Gasteiger partial charge in [0.1, 0.15) is 28.9 Å². The van der Waals surface area contributed by atoms with Crippen molar-refractivity contribution in [3.8, 4) is 0 Å². The number of carbonyl (C=O) groups excluding carboxylic acids is 2. The number of aryl methyl sites for hydroxylation is 2. The van der Waals surface area contributed by atoms with Gasteiger partial charge in [-0.05, 0) is 38.1 Å².